The second-order valence-electron chi connectivity index (χ2n) is 4.43. The first-order chi connectivity index (χ1) is 8.51. The fourth-order valence-corrected chi connectivity index (χ4v) is 3.59. The molecule has 0 heterocycles. The molecule has 1 N–H and O–H groups in total. The van der Waals surface area contributed by atoms with Crippen LogP contribution in [0.25, 0.3) is 0 Å². The van der Waals surface area contributed by atoms with E-state index >= 15 is 0 Å². The van der Waals surface area contributed by atoms with Gasteiger partial charge in [-0.2, -0.15) is 9.98 Å². The molecule has 4 nitrogen and oxygen atoms in total. The molecule has 0 amide bonds. The zero-order valence-corrected chi connectivity index (χ0v) is 12.1. The third-order valence-corrected chi connectivity index (χ3v) is 5.34. The summed E-state index contributed by atoms with van der Waals surface area (Å²) >= 11 is 3.30. The van der Waals surface area contributed by atoms with Gasteiger partial charge in [0.1, 0.15) is 5.54 Å². The van der Waals surface area contributed by atoms with Crippen LogP contribution >= 0.6 is 15.9 Å². The topological polar surface area (TPSA) is 70.0 Å². The first-order valence-electron chi connectivity index (χ1n) is 5.61. The number of nitriles is 1. The van der Waals surface area contributed by atoms with E-state index in [-0.39, 0.29) is 4.90 Å². The molecule has 1 aliphatic rings. The summed E-state index contributed by atoms with van der Waals surface area (Å²) in [6.07, 6.45) is 2.06. The van der Waals surface area contributed by atoms with Gasteiger partial charge in [0.25, 0.3) is 0 Å². The Morgan fingerprint density at radius 1 is 1.33 bits per heavy atom. The van der Waals surface area contributed by atoms with Crippen molar-refractivity contribution in [3.63, 3.8) is 0 Å². The number of alkyl halides is 1. The molecular formula is C12H13BrN2O2S. The van der Waals surface area contributed by atoms with Crippen LogP contribution in [0.15, 0.2) is 29.2 Å². The highest BCUT2D eigenvalue weighted by molar-refractivity contribution is 9.08. The van der Waals surface area contributed by atoms with Crippen molar-refractivity contribution in [1.29, 1.82) is 5.26 Å². The maximum Gasteiger partial charge on any atom is 0.241 e. The van der Waals surface area contributed by atoms with E-state index in [1.165, 1.54) is 0 Å². The summed E-state index contributed by atoms with van der Waals surface area (Å²) in [6.45, 7) is 0. The van der Waals surface area contributed by atoms with Crippen LogP contribution < -0.4 is 4.72 Å². The third-order valence-electron chi connectivity index (χ3n) is 3.14. The fourth-order valence-electron chi connectivity index (χ4n) is 1.84. The van der Waals surface area contributed by atoms with Gasteiger partial charge in [-0.15, -0.1) is 0 Å². The van der Waals surface area contributed by atoms with Crippen LogP contribution in [0.5, 0.6) is 0 Å². The molecule has 0 spiro atoms. The van der Waals surface area contributed by atoms with Gasteiger partial charge in [0.15, 0.2) is 0 Å². The Morgan fingerprint density at radius 3 is 2.33 bits per heavy atom. The molecule has 1 aromatic rings. The van der Waals surface area contributed by atoms with E-state index in [0.29, 0.717) is 18.2 Å². The predicted octanol–water partition coefficient (Wildman–Crippen LogP) is 2.31. The van der Waals surface area contributed by atoms with E-state index in [0.717, 1.165) is 12.0 Å². The van der Waals surface area contributed by atoms with E-state index in [1.807, 2.05) is 0 Å². The average Bonchev–Trinajstić information content (AvgIpc) is 2.34. The van der Waals surface area contributed by atoms with Crippen molar-refractivity contribution in [2.45, 2.75) is 35.0 Å². The van der Waals surface area contributed by atoms with Gasteiger partial charge in [0, 0.05) is 5.33 Å². The highest BCUT2D eigenvalue weighted by Crippen LogP contribution is 2.32. The van der Waals surface area contributed by atoms with E-state index in [4.69, 9.17) is 5.26 Å². The smallest absolute Gasteiger partial charge is 0.207 e. The summed E-state index contributed by atoms with van der Waals surface area (Å²) in [5.41, 5.74) is 0.111. The van der Waals surface area contributed by atoms with Crippen LogP contribution in [-0.4, -0.2) is 14.0 Å². The number of rotatable bonds is 4. The van der Waals surface area contributed by atoms with Crippen molar-refractivity contribution >= 4 is 26.0 Å². The van der Waals surface area contributed by atoms with E-state index in [1.54, 1.807) is 24.3 Å². The standard InChI is InChI=1S/C12H13BrN2O2S/c13-8-10-2-4-11(5-3-10)18(16,17)15-12(9-14)6-1-7-12/h2-5,15H,1,6-8H2. The Bertz CT molecular complexity index is 571. The maximum absolute atomic E-state index is 12.1. The molecular weight excluding hydrogens is 316 g/mol. The van der Waals surface area contributed by atoms with Crippen molar-refractivity contribution in [3.8, 4) is 6.07 Å². The normalized spacial score (nSPS) is 17.8. The molecule has 6 heteroatoms. The van der Waals surface area contributed by atoms with E-state index in [2.05, 4.69) is 26.7 Å². The number of benzene rings is 1. The molecule has 2 rings (SSSR count). The summed E-state index contributed by atoms with van der Waals surface area (Å²) in [4.78, 5) is 0.203. The number of halogens is 1. The van der Waals surface area contributed by atoms with Gasteiger partial charge in [-0.05, 0) is 37.0 Å². The SMILES string of the molecule is N#CC1(NS(=O)(=O)c2ccc(CBr)cc2)CCC1. The van der Waals surface area contributed by atoms with Crippen molar-refractivity contribution in [3.05, 3.63) is 29.8 Å². The highest BCUT2D eigenvalue weighted by atomic mass is 79.9. The molecule has 0 bridgehead atoms. The first-order valence-corrected chi connectivity index (χ1v) is 8.22. The van der Waals surface area contributed by atoms with E-state index in [9.17, 15) is 8.42 Å². The lowest BCUT2D eigenvalue weighted by Gasteiger charge is -2.35. The van der Waals surface area contributed by atoms with E-state index < -0.39 is 15.6 Å². The van der Waals surface area contributed by atoms with Gasteiger partial charge in [-0.1, -0.05) is 28.1 Å². The highest BCUT2D eigenvalue weighted by Gasteiger charge is 2.41. The van der Waals surface area contributed by atoms with Crippen LogP contribution in [0, 0.1) is 11.3 Å². The van der Waals surface area contributed by atoms with Crippen molar-refractivity contribution < 1.29 is 8.42 Å². The quantitative estimate of drug-likeness (QED) is 0.862. The Morgan fingerprint density at radius 2 is 1.94 bits per heavy atom. The van der Waals surface area contributed by atoms with Crippen LogP contribution in [-0.2, 0) is 15.4 Å². The van der Waals surface area contributed by atoms with Gasteiger partial charge in [-0.3, -0.25) is 0 Å². The van der Waals surface area contributed by atoms with Crippen molar-refractivity contribution in [2.75, 3.05) is 0 Å². The number of hydrogen-bond acceptors (Lipinski definition) is 3. The Balaban J connectivity index is 2.23. The Labute approximate surface area is 115 Å². The molecule has 1 saturated carbocycles. The Hall–Kier alpha value is -0.900. The molecule has 96 valence electrons. The first kappa shape index (κ1) is 13.5. The van der Waals surface area contributed by atoms with Crippen LogP contribution in [0.3, 0.4) is 0 Å². The summed E-state index contributed by atoms with van der Waals surface area (Å²) in [5, 5.41) is 9.73. The summed E-state index contributed by atoms with van der Waals surface area (Å²) in [6, 6.07) is 8.69. The average molecular weight is 329 g/mol. The zero-order chi connectivity index (χ0) is 13.2. The van der Waals surface area contributed by atoms with Crippen molar-refractivity contribution in [1.82, 2.24) is 4.72 Å². The second kappa shape index (κ2) is 5.00. The molecule has 1 aromatic carbocycles. The maximum atomic E-state index is 12.1. The van der Waals surface area contributed by atoms with Gasteiger partial charge < -0.3 is 0 Å². The van der Waals surface area contributed by atoms with Crippen molar-refractivity contribution in [2.24, 2.45) is 0 Å². The minimum Gasteiger partial charge on any atom is -0.207 e. The molecule has 1 aliphatic carbocycles. The summed E-state index contributed by atoms with van der Waals surface area (Å²) in [7, 11) is -3.60. The van der Waals surface area contributed by atoms with Gasteiger partial charge >= 0.3 is 0 Å². The number of nitrogens with one attached hydrogen (secondary N) is 1. The van der Waals surface area contributed by atoms with Crippen LogP contribution in [0.4, 0.5) is 0 Å². The Kier molecular flexibility index (Phi) is 3.76. The molecule has 18 heavy (non-hydrogen) atoms. The molecule has 1 fully saturated rings. The molecule has 0 unspecified atom stereocenters. The molecule has 0 saturated heterocycles. The minimum absolute atomic E-state index is 0.203. The summed E-state index contributed by atoms with van der Waals surface area (Å²) in [5.74, 6) is 0. The lowest BCUT2D eigenvalue weighted by atomic mass is 9.79. The monoisotopic (exact) mass is 328 g/mol. The zero-order valence-electron chi connectivity index (χ0n) is 9.69. The summed E-state index contributed by atoms with van der Waals surface area (Å²) < 4.78 is 26.8. The fraction of sp³-hybridized carbons (Fsp3) is 0.417. The number of nitrogens with zero attached hydrogens (tertiary/aromatic N) is 1. The lowest BCUT2D eigenvalue weighted by molar-refractivity contribution is 0.296. The van der Waals surface area contributed by atoms with Crippen LogP contribution in [0.2, 0.25) is 0 Å². The second-order valence-corrected chi connectivity index (χ2v) is 6.67. The number of sulfonamides is 1. The van der Waals surface area contributed by atoms with Crippen LogP contribution in [0.1, 0.15) is 24.8 Å². The molecule has 0 aliphatic heterocycles. The number of hydrogen-bond donors (Lipinski definition) is 1. The molecule has 0 aromatic heterocycles. The molecule has 0 radical (unpaired) electrons. The third kappa shape index (κ3) is 2.58. The van der Waals surface area contributed by atoms with Gasteiger partial charge in [-0.25, -0.2) is 8.42 Å². The van der Waals surface area contributed by atoms with Gasteiger partial charge in [0.05, 0.1) is 11.0 Å². The minimum atomic E-state index is -3.60. The molecule has 0 atom stereocenters. The predicted molar refractivity (Wildman–Crippen MR) is 71.6 cm³/mol. The largest absolute Gasteiger partial charge is 0.241 e. The lowest BCUT2D eigenvalue weighted by Crippen LogP contribution is -2.52. The van der Waals surface area contributed by atoms with Gasteiger partial charge in [0.2, 0.25) is 10.0 Å².